The van der Waals surface area contributed by atoms with Crippen LogP contribution < -0.4 is 13.6 Å². The van der Waals surface area contributed by atoms with E-state index in [9.17, 15) is 4.57 Å². The van der Waals surface area contributed by atoms with Crippen LogP contribution in [-0.4, -0.2) is 4.98 Å². The predicted molar refractivity (Wildman–Crippen MR) is 56.2 cm³/mol. The summed E-state index contributed by atoms with van der Waals surface area (Å²) < 4.78 is 27.4. The molecule has 0 saturated heterocycles. The van der Waals surface area contributed by atoms with Crippen molar-refractivity contribution in [3.8, 4) is 17.2 Å². The number of hydrogen-bond acceptors (Lipinski definition) is 5. The molecule has 3 heterocycles. The minimum Gasteiger partial charge on any atom is -0.385 e. The molecule has 1 aromatic heterocycles. The van der Waals surface area contributed by atoms with Crippen molar-refractivity contribution in [1.82, 2.24) is 4.98 Å². The molecule has 2 bridgehead atoms. The molecule has 0 N–H and O–H groups in total. The summed E-state index contributed by atoms with van der Waals surface area (Å²) in [6.45, 7) is 0. The monoisotopic (exact) mass is 255 g/mol. The lowest BCUT2D eigenvalue weighted by molar-refractivity contribution is 0.328. The molecule has 4 rings (SSSR count). The molecule has 0 radical (unpaired) electrons. The van der Waals surface area contributed by atoms with Crippen molar-refractivity contribution < 1.29 is 18.1 Å². The van der Waals surface area contributed by atoms with Gasteiger partial charge in [-0.15, -0.1) is 0 Å². The first-order valence-electron chi connectivity index (χ1n) is 4.47. The highest BCUT2D eigenvalue weighted by molar-refractivity contribution is 7.50. The van der Waals surface area contributed by atoms with Crippen molar-refractivity contribution >= 4 is 30.3 Å². The highest BCUT2D eigenvalue weighted by Gasteiger charge is 2.48. The van der Waals surface area contributed by atoms with E-state index < -0.39 is 7.82 Å². The summed E-state index contributed by atoms with van der Waals surface area (Å²) in [6.07, 6.45) is 0. The van der Waals surface area contributed by atoms with E-state index in [1.165, 1.54) is 0 Å². The summed E-state index contributed by atoms with van der Waals surface area (Å²) in [6, 6.07) is 5.20. The first-order valence-corrected chi connectivity index (χ1v) is 6.31. The highest BCUT2D eigenvalue weighted by Crippen LogP contribution is 2.67. The van der Waals surface area contributed by atoms with Crippen LogP contribution in [0.5, 0.6) is 17.2 Å². The zero-order chi connectivity index (χ0) is 10.9. The molecular weight excluding hydrogens is 253 g/mol. The highest BCUT2D eigenvalue weighted by atomic mass is 35.5. The van der Waals surface area contributed by atoms with Crippen LogP contribution in [0.2, 0.25) is 5.15 Å². The van der Waals surface area contributed by atoms with Gasteiger partial charge in [0, 0.05) is 0 Å². The van der Waals surface area contributed by atoms with Gasteiger partial charge in [0.1, 0.15) is 5.75 Å². The standard InChI is InChI=1S/C9H3ClNO4P/c10-9-8-7-6-4(11-9)2-1-3-5(6)13-16(12,14-7)15-8/h1-3H. The van der Waals surface area contributed by atoms with Gasteiger partial charge >= 0.3 is 7.82 Å². The molecule has 80 valence electrons. The smallest absolute Gasteiger partial charge is 0.385 e. The number of rotatable bonds is 0. The number of halogens is 1. The van der Waals surface area contributed by atoms with Crippen molar-refractivity contribution in [2.75, 3.05) is 0 Å². The van der Waals surface area contributed by atoms with Crippen molar-refractivity contribution in [3.05, 3.63) is 23.4 Å². The van der Waals surface area contributed by atoms with Crippen LogP contribution in [0.15, 0.2) is 18.2 Å². The molecule has 7 heteroatoms. The number of fused-ring (bicyclic) bond motifs is 1. The Morgan fingerprint density at radius 3 is 2.88 bits per heavy atom. The van der Waals surface area contributed by atoms with E-state index >= 15 is 0 Å². The van der Waals surface area contributed by atoms with Crippen LogP contribution in [-0.2, 0) is 4.57 Å². The molecule has 0 aliphatic carbocycles. The second-order valence-corrected chi connectivity index (χ2v) is 5.23. The Morgan fingerprint density at radius 1 is 1.19 bits per heavy atom. The maximum Gasteiger partial charge on any atom is 0.647 e. The van der Waals surface area contributed by atoms with E-state index in [0.717, 1.165) is 0 Å². The maximum absolute atomic E-state index is 11.9. The molecule has 1 unspecified atom stereocenters. The number of phosphoric acid groups is 1. The molecule has 0 saturated carbocycles. The van der Waals surface area contributed by atoms with Crippen LogP contribution >= 0.6 is 19.4 Å². The molecule has 0 amide bonds. The van der Waals surface area contributed by atoms with Crippen LogP contribution in [0, 0.1) is 0 Å². The predicted octanol–water partition coefficient (Wildman–Crippen LogP) is 3.16. The lowest BCUT2D eigenvalue weighted by Gasteiger charge is -2.15. The Labute approximate surface area is 94.5 Å². The van der Waals surface area contributed by atoms with Gasteiger partial charge in [0.25, 0.3) is 0 Å². The molecule has 2 aromatic rings. The van der Waals surface area contributed by atoms with Gasteiger partial charge in [-0.3, -0.25) is 0 Å². The second kappa shape index (κ2) is 2.44. The van der Waals surface area contributed by atoms with Crippen LogP contribution in [0.3, 0.4) is 0 Å². The number of pyridine rings is 1. The largest absolute Gasteiger partial charge is 0.647 e. The summed E-state index contributed by atoms with van der Waals surface area (Å²) in [5, 5.41) is 0.772. The van der Waals surface area contributed by atoms with Crippen LogP contribution in [0.4, 0.5) is 0 Å². The topological polar surface area (TPSA) is 57.7 Å². The summed E-state index contributed by atoms with van der Waals surface area (Å²) in [4.78, 5) is 4.13. The Kier molecular flexibility index (Phi) is 1.32. The zero-order valence-corrected chi connectivity index (χ0v) is 9.29. The normalized spacial score (nSPS) is 24.1. The fraction of sp³-hybridized carbons (Fsp3) is 0. The van der Waals surface area contributed by atoms with E-state index in [-0.39, 0.29) is 10.9 Å². The average molecular weight is 256 g/mol. The zero-order valence-electron chi connectivity index (χ0n) is 7.64. The molecular formula is C9H3ClNO4P. The van der Waals surface area contributed by atoms with Crippen LogP contribution in [0.1, 0.15) is 0 Å². The third-order valence-corrected chi connectivity index (χ3v) is 3.95. The number of nitrogens with zero attached hydrogens (tertiary/aromatic N) is 1. The maximum atomic E-state index is 11.9. The Hall–Kier alpha value is -1.45. The summed E-state index contributed by atoms with van der Waals surface area (Å²) >= 11 is 5.91. The molecule has 0 fully saturated rings. The fourth-order valence-corrected chi connectivity index (χ4v) is 3.41. The minimum atomic E-state index is -3.57. The first kappa shape index (κ1) is 8.67. The Morgan fingerprint density at radius 2 is 2.00 bits per heavy atom. The summed E-state index contributed by atoms with van der Waals surface area (Å²) in [5.41, 5.74) is 0.623. The molecule has 1 aromatic carbocycles. The van der Waals surface area contributed by atoms with Crippen molar-refractivity contribution in [1.29, 1.82) is 0 Å². The van der Waals surface area contributed by atoms with E-state index in [4.69, 9.17) is 25.2 Å². The van der Waals surface area contributed by atoms with Crippen LogP contribution in [0.25, 0.3) is 10.9 Å². The van der Waals surface area contributed by atoms with Crippen molar-refractivity contribution in [2.24, 2.45) is 0 Å². The Bertz CT molecular complexity index is 701. The van der Waals surface area contributed by atoms with Crippen molar-refractivity contribution in [3.63, 3.8) is 0 Å². The average Bonchev–Trinajstić information content (AvgIpc) is 2.51. The minimum absolute atomic E-state index is 0.128. The molecule has 2 aliphatic heterocycles. The molecule has 0 spiro atoms. The Balaban J connectivity index is 2.29. The molecule has 5 nitrogen and oxygen atoms in total. The van der Waals surface area contributed by atoms with Gasteiger partial charge in [0.2, 0.25) is 5.75 Å². The van der Waals surface area contributed by atoms with Gasteiger partial charge in [-0.1, -0.05) is 17.7 Å². The number of hydrogen-bond donors (Lipinski definition) is 0. The number of benzene rings is 1. The lowest BCUT2D eigenvalue weighted by Crippen LogP contribution is -2.03. The van der Waals surface area contributed by atoms with Gasteiger partial charge in [0.15, 0.2) is 10.9 Å². The summed E-state index contributed by atoms with van der Waals surface area (Å²) in [5.74, 6) is 1.01. The van der Waals surface area contributed by atoms with Crippen molar-refractivity contribution in [2.45, 2.75) is 0 Å². The van der Waals surface area contributed by atoms with E-state index in [1.54, 1.807) is 18.2 Å². The van der Waals surface area contributed by atoms with Gasteiger partial charge in [-0.2, -0.15) is 4.57 Å². The van der Waals surface area contributed by atoms with E-state index in [0.29, 0.717) is 22.4 Å². The molecule has 1 atom stereocenters. The third kappa shape index (κ3) is 0.883. The third-order valence-electron chi connectivity index (χ3n) is 2.46. The second-order valence-electron chi connectivity index (χ2n) is 3.43. The van der Waals surface area contributed by atoms with Gasteiger partial charge in [-0.25, -0.2) is 4.98 Å². The first-order chi connectivity index (χ1) is 7.66. The van der Waals surface area contributed by atoms with E-state index in [1.807, 2.05) is 0 Å². The van der Waals surface area contributed by atoms with Gasteiger partial charge < -0.3 is 13.6 Å². The van der Waals surface area contributed by atoms with Gasteiger partial charge in [-0.05, 0) is 12.1 Å². The fourth-order valence-electron chi connectivity index (χ4n) is 1.85. The quantitative estimate of drug-likeness (QED) is 0.534. The molecule has 2 aliphatic rings. The molecule has 16 heavy (non-hydrogen) atoms. The number of aromatic nitrogens is 1. The number of phosphoric ester groups is 1. The van der Waals surface area contributed by atoms with Gasteiger partial charge in [0.05, 0.1) is 10.9 Å². The summed E-state index contributed by atoms with van der Waals surface area (Å²) in [7, 11) is -3.57. The SMILES string of the molecule is O=P12Oc3c(Cl)nc4cccc(c4c3O1)O2. The lowest BCUT2D eigenvalue weighted by atomic mass is 10.2. The van der Waals surface area contributed by atoms with E-state index in [2.05, 4.69) is 4.98 Å².